The summed E-state index contributed by atoms with van der Waals surface area (Å²) in [6, 6.07) is 2.98. The molecule has 0 saturated heterocycles. The maximum Gasteiger partial charge on any atom is 0.240 e. The predicted octanol–water partition coefficient (Wildman–Crippen LogP) is 0.851. The van der Waals surface area contributed by atoms with Gasteiger partial charge < -0.3 is 15.2 Å². The maximum absolute atomic E-state index is 12.3. The third kappa shape index (κ3) is 3.23. The van der Waals surface area contributed by atoms with Gasteiger partial charge in [0.25, 0.3) is 0 Å². The number of ether oxygens (including phenoxy) is 2. The van der Waals surface area contributed by atoms with Crippen LogP contribution in [0.2, 0.25) is 0 Å². The zero-order chi connectivity index (χ0) is 14.8. The van der Waals surface area contributed by atoms with Gasteiger partial charge in [0.15, 0.2) is 11.5 Å². The first-order valence-corrected chi connectivity index (χ1v) is 7.94. The molecule has 0 atom stereocenters. The first kappa shape index (κ1) is 15.1. The topological polar surface area (TPSA) is 90.7 Å². The predicted molar refractivity (Wildman–Crippen MR) is 75.3 cm³/mol. The Morgan fingerprint density at radius 3 is 2.50 bits per heavy atom. The minimum absolute atomic E-state index is 0.149. The molecule has 0 bridgehead atoms. The number of nitrogens with one attached hydrogen (secondary N) is 1. The van der Waals surface area contributed by atoms with Gasteiger partial charge in [-0.05, 0) is 24.8 Å². The molecule has 6 nitrogen and oxygen atoms in total. The molecule has 1 aromatic carbocycles. The second-order valence-electron chi connectivity index (χ2n) is 4.82. The zero-order valence-corrected chi connectivity index (χ0v) is 12.5. The number of methoxy groups -OCH3 is 2. The molecule has 0 heterocycles. The summed E-state index contributed by atoms with van der Waals surface area (Å²) < 4.78 is 37.5. The molecule has 1 aliphatic rings. The van der Waals surface area contributed by atoms with Crippen molar-refractivity contribution in [2.24, 2.45) is 11.7 Å². The lowest BCUT2D eigenvalue weighted by atomic mass is 10.2. The summed E-state index contributed by atoms with van der Waals surface area (Å²) in [6.45, 7) is 0.653. The van der Waals surface area contributed by atoms with E-state index < -0.39 is 10.0 Å². The molecular weight excluding hydrogens is 280 g/mol. The van der Waals surface area contributed by atoms with Crippen molar-refractivity contribution >= 4 is 10.0 Å². The van der Waals surface area contributed by atoms with E-state index in [0.717, 1.165) is 12.8 Å². The second-order valence-corrected chi connectivity index (χ2v) is 6.58. The average molecular weight is 300 g/mol. The van der Waals surface area contributed by atoms with Crippen LogP contribution in [0.4, 0.5) is 0 Å². The quantitative estimate of drug-likeness (QED) is 0.779. The van der Waals surface area contributed by atoms with E-state index in [0.29, 0.717) is 29.5 Å². The van der Waals surface area contributed by atoms with Gasteiger partial charge in [-0.25, -0.2) is 13.1 Å². The molecule has 1 aromatic rings. The van der Waals surface area contributed by atoms with E-state index in [2.05, 4.69) is 4.72 Å². The standard InChI is InChI=1S/C13H20N2O4S/c1-18-12-6-11(5-10(7-14)13(12)19-2)20(16,17)15-8-9-3-4-9/h5-6,9,15H,3-4,7-8,14H2,1-2H3. The van der Waals surface area contributed by atoms with Crippen LogP contribution >= 0.6 is 0 Å². The van der Waals surface area contributed by atoms with Crippen LogP contribution in [0.1, 0.15) is 18.4 Å². The first-order chi connectivity index (χ1) is 9.51. The highest BCUT2D eigenvalue weighted by molar-refractivity contribution is 7.89. The Labute approximate surface area is 119 Å². The molecule has 0 amide bonds. The molecule has 7 heteroatoms. The van der Waals surface area contributed by atoms with Gasteiger partial charge in [-0.1, -0.05) is 0 Å². The molecule has 1 aliphatic carbocycles. The summed E-state index contributed by atoms with van der Waals surface area (Å²) in [5.41, 5.74) is 6.24. The number of sulfonamides is 1. The van der Waals surface area contributed by atoms with Crippen LogP contribution < -0.4 is 19.9 Å². The summed E-state index contributed by atoms with van der Waals surface area (Å²) in [6.07, 6.45) is 2.17. The van der Waals surface area contributed by atoms with Crippen molar-refractivity contribution in [3.8, 4) is 11.5 Å². The number of benzene rings is 1. The van der Waals surface area contributed by atoms with Gasteiger partial charge in [0, 0.05) is 24.7 Å². The normalized spacial score (nSPS) is 15.2. The van der Waals surface area contributed by atoms with E-state index in [4.69, 9.17) is 15.2 Å². The molecule has 1 fully saturated rings. The fraction of sp³-hybridized carbons (Fsp3) is 0.538. The lowest BCUT2D eigenvalue weighted by molar-refractivity contribution is 0.350. The van der Waals surface area contributed by atoms with Crippen molar-refractivity contribution in [2.45, 2.75) is 24.3 Å². The Morgan fingerprint density at radius 2 is 2.00 bits per heavy atom. The SMILES string of the molecule is COc1cc(S(=O)(=O)NCC2CC2)cc(CN)c1OC. The van der Waals surface area contributed by atoms with Crippen LogP contribution in [0.15, 0.2) is 17.0 Å². The van der Waals surface area contributed by atoms with E-state index >= 15 is 0 Å². The number of rotatable bonds is 7. The largest absolute Gasteiger partial charge is 0.493 e. The van der Waals surface area contributed by atoms with Gasteiger partial charge in [-0.2, -0.15) is 0 Å². The Balaban J connectivity index is 2.34. The molecule has 2 rings (SSSR count). The number of nitrogens with two attached hydrogens (primary N) is 1. The van der Waals surface area contributed by atoms with Crippen molar-refractivity contribution < 1.29 is 17.9 Å². The van der Waals surface area contributed by atoms with Crippen LogP contribution in [-0.2, 0) is 16.6 Å². The molecule has 0 unspecified atom stereocenters. The number of hydrogen-bond acceptors (Lipinski definition) is 5. The molecule has 1 saturated carbocycles. The van der Waals surface area contributed by atoms with Crippen LogP contribution in [0.3, 0.4) is 0 Å². The lowest BCUT2D eigenvalue weighted by Gasteiger charge is -2.14. The van der Waals surface area contributed by atoms with Crippen LogP contribution in [0, 0.1) is 5.92 Å². The molecule has 0 spiro atoms. The summed E-state index contributed by atoms with van der Waals surface area (Å²) in [5, 5.41) is 0. The minimum Gasteiger partial charge on any atom is -0.493 e. The van der Waals surface area contributed by atoms with E-state index in [1.54, 1.807) is 0 Å². The van der Waals surface area contributed by atoms with E-state index in [1.807, 2.05) is 0 Å². The lowest BCUT2D eigenvalue weighted by Crippen LogP contribution is -2.26. The minimum atomic E-state index is -3.55. The summed E-state index contributed by atoms with van der Waals surface area (Å²) in [7, 11) is -0.586. The van der Waals surface area contributed by atoms with Crippen LogP contribution in [-0.4, -0.2) is 29.2 Å². The molecule has 3 N–H and O–H groups in total. The van der Waals surface area contributed by atoms with Gasteiger partial charge in [0.1, 0.15) is 0 Å². The van der Waals surface area contributed by atoms with Gasteiger partial charge in [0.2, 0.25) is 10.0 Å². The second kappa shape index (κ2) is 5.99. The highest BCUT2D eigenvalue weighted by Crippen LogP contribution is 2.34. The van der Waals surface area contributed by atoms with Crippen molar-refractivity contribution in [3.63, 3.8) is 0 Å². The van der Waals surface area contributed by atoms with E-state index in [1.165, 1.54) is 26.4 Å². The Morgan fingerprint density at radius 1 is 1.30 bits per heavy atom. The van der Waals surface area contributed by atoms with Gasteiger partial charge in [-0.15, -0.1) is 0 Å². The van der Waals surface area contributed by atoms with Crippen molar-refractivity contribution in [1.82, 2.24) is 4.72 Å². The van der Waals surface area contributed by atoms with Gasteiger partial charge >= 0.3 is 0 Å². The highest BCUT2D eigenvalue weighted by atomic mass is 32.2. The fourth-order valence-corrected chi connectivity index (χ4v) is 3.14. The third-order valence-electron chi connectivity index (χ3n) is 3.32. The Bertz CT molecular complexity index is 557. The summed E-state index contributed by atoms with van der Waals surface area (Å²) in [4.78, 5) is 0.149. The van der Waals surface area contributed by atoms with E-state index in [-0.39, 0.29) is 11.4 Å². The Kier molecular flexibility index (Phi) is 4.52. The van der Waals surface area contributed by atoms with Gasteiger partial charge in [-0.3, -0.25) is 0 Å². The molecule has 20 heavy (non-hydrogen) atoms. The molecular formula is C13H20N2O4S. The first-order valence-electron chi connectivity index (χ1n) is 6.46. The summed E-state index contributed by atoms with van der Waals surface area (Å²) >= 11 is 0. The van der Waals surface area contributed by atoms with Crippen LogP contribution in [0.25, 0.3) is 0 Å². The highest BCUT2D eigenvalue weighted by Gasteiger charge is 2.25. The van der Waals surface area contributed by atoms with Crippen molar-refractivity contribution in [3.05, 3.63) is 17.7 Å². The molecule has 0 aromatic heterocycles. The van der Waals surface area contributed by atoms with Crippen molar-refractivity contribution in [2.75, 3.05) is 20.8 Å². The fourth-order valence-electron chi connectivity index (χ4n) is 1.95. The smallest absolute Gasteiger partial charge is 0.240 e. The van der Waals surface area contributed by atoms with Crippen LogP contribution in [0.5, 0.6) is 11.5 Å². The monoisotopic (exact) mass is 300 g/mol. The molecule has 112 valence electrons. The van der Waals surface area contributed by atoms with E-state index in [9.17, 15) is 8.42 Å². The Hall–Kier alpha value is -1.31. The molecule has 0 aliphatic heterocycles. The van der Waals surface area contributed by atoms with Crippen molar-refractivity contribution in [1.29, 1.82) is 0 Å². The average Bonchev–Trinajstić information content (AvgIpc) is 3.27. The summed E-state index contributed by atoms with van der Waals surface area (Å²) in [5.74, 6) is 1.30. The molecule has 0 radical (unpaired) electrons. The number of hydrogen-bond donors (Lipinski definition) is 2. The maximum atomic E-state index is 12.3. The van der Waals surface area contributed by atoms with Gasteiger partial charge in [0.05, 0.1) is 19.1 Å². The zero-order valence-electron chi connectivity index (χ0n) is 11.7. The third-order valence-corrected chi connectivity index (χ3v) is 4.72.